The molecule has 0 radical (unpaired) electrons. The van der Waals surface area contributed by atoms with Gasteiger partial charge in [-0.15, -0.1) is 11.3 Å². The number of hydrogen-bond donors (Lipinski definition) is 5. The number of amides is 1. The van der Waals surface area contributed by atoms with E-state index in [4.69, 9.17) is 11.6 Å². The number of benzene rings is 2. The molecule has 0 bridgehead atoms. The van der Waals surface area contributed by atoms with Crippen LogP contribution < -0.4 is 16.0 Å². The molecule has 37 heavy (non-hydrogen) atoms. The van der Waals surface area contributed by atoms with Crippen molar-refractivity contribution in [2.75, 3.05) is 18.4 Å². The molecule has 3 aromatic rings. The number of carbonyl (C=O) groups excluding carboxylic acids is 1. The second-order valence-electron chi connectivity index (χ2n) is 8.91. The molecule has 2 atom stereocenters. The van der Waals surface area contributed by atoms with Crippen LogP contribution in [-0.2, 0) is 29.1 Å². The summed E-state index contributed by atoms with van der Waals surface area (Å²) in [7, 11) is 0. The van der Waals surface area contributed by atoms with E-state index in [0.29, 0.717) is 48.9 Å². The monoisotopic (exact) mass is 541 g/mol. The predicted molar refractivity (Wildman–Crippen MR) is 143 cm³/mol. The number of nitrogens with one attached hydrogen (secondary N) is 3. The first kappa shape index (κ1) is 26.7. The van der Waals surface area contributed by atoms with E-state index in [1.165, 1.54) is 0 Å². The lowest BCUT2D eigenvalue weighted by molar-refractivity contribution is -0.149. The zero-order valence-electron chi connectivity index (χ0n) is 20.0. The normalized spacial score (nSPS) is 15.8. The highest BCUT2D eigenvalue weighted by molar-refractivity contribution is 7.09. The first-order chi connectivity index (χ1) is 17.8. The largest absolute Gasteiger partial charge is 0.481 e. The van der Waals surface area contributed by atoms with Crippen LogP contribution in [0.25, 0.3) is 0 Å². The van der Waals surface area contributed by atoms with Crippen molar-refractivity contribution in [3.8, 4) is 0 Å². The molecule has 10 heteroatoms. The minimum atomic E-state index is -1.14. The first-order valence-corrected chi connectivity index (χ1v) is 13.2. The Kier molecular flexibility index (Phi) is 8.81. The number of rotatable bonds is 10. The van der Waals surface area contributed by atoms with Crippen LogP contribution in [0.15, 0.2) is 53.9 Å². The molecule has 2 heterocycles. The van der Waals surface area contributed by atoms with Gasteiger partial charge in [0.1, 0.15) is 0 Å². The minimum absolute atomic E-state index is 0.141. The van der Waals surface area contributed by atoms with Crippen LogP contribution in [0, 0.1) is 5.92 Å². The quantitative estimate of drug-likeness (QED) is 0.258. The number of carboxylic acid groups (broad SMARTS) is 2. The van der Waals surface area contributed by atoms with E-state index in [1.54, 1.807) is 29.5 Å². The number of aliphatic carboxylic acids is 2. The van der Waals surface area contributed by atoms with Crippen molar-refractivity contribution >= 4 is 46.5 Å². The fraction of sp³-hybridized carbons (Fsp3) is 0.296. The lowest BCUT2D eigenvalue weighted by atomic mass is 9.81. The van der Waals surface area contributed by atoms with Crippen molar-refractivity contribution in [2.24, 2.45) is 5.92 Å². The van der Waals surface area contributed by atoms with Gasteiger partial charge in [-0.3, -0.25) is 14.4 Å². The molecule has 1 aromatic heterocycles. The number of fused-ring (bicyclic) bond motifs is 1. The number of carboxylic acids is 2. The van der Waals surface area contributed by atoms with Crippen LogP contribution in [0.1, 0.15) is 44.3 Å². The van der Waals surface area contributed by atoms with Gasteiger partial charge in [-0.05, 0) is 59.3 Å². The van der Waals surface area contributed by atoms with Crippen molar-refractivity contribution < 1.29 is 24.6 Å². The number of halogens is 1. The van der Waals surface area contributed by atoms with Gasteiger partial charge in [-0.1, -0.05) is 35.9 Å². The summed E-state index contributed by atoms with van der Waals surface area (Å²) in [4.78, 5) is 36.8. The lowest BCUT2D eigenvalue weighted by Gasteiger charge is -2.25. The summed E-state index contributed by atoms with van der Waals surface area (Å²) in [6.07, 6.45) is 0.164. The fourth-order valence-corrected chi connectivity index (χ4v) is 5.51. The SMILES string of the molecule is O=C(O)CC(C(=O)O)C1CNCCc2c1ccc(Cl)c2NCc1ccc(C(=O)NCc2cccs2)cc1. The van der Waals surface area contributed by atoms with Crippen molar-refractivity contribution in [1.82, 2.24) is 10.6 Å². The smallest absolute Gasteiger partial charge is 0.307 e. The Morgan fingerprint density at radius 1 is 1.08 bits per heavy atom. The van der Waals surface area contributed by atoms with Crippen molar-refractivity contribution in [1.29, 1.82) is 0 Å². The average Bonchev–Trinajstić information content (AvgIpc) is 3.31. The molecule has 0 saturated heterocycles. The van der Waals surface area contributed by atoms with Gasteiger partial charge >= 0.3 is 11.9 Å². The third-order valence-electron chi connectivity index (χ3n) is 6.50. The molecule has 1 aliphatic rings. The van der Waals surface area contributed by atoms with Gasteiger partial charge in [0, 0.05) is 29.4 Å². The van der Waals surface area contributed by atoms with Gasteiger partial charge in [0.15, 0.2) is 0 Å². The predicted octanol–water partition coefficient (Wildman–Crippen LogP) is 4.35. The molecule has 0 fully saturated rings. The number of anilines is 1. The second kappa shape index (κ2) is 12.2. The first-order valence-electron chi connectivity index (χ1n) is 11.9. The molecule has 2 unspecified atom stereocenters. The number of hydrogen-bond acceptors (Lipinski definition) is 6. The molecular weight excluding hydrogens is 514 g/mol. The van der Waals surface area contributed by atoms with E-state index in [2.05, 4.69) is 16.0 Å². The summed E-state index contributed by atoms with van der Waals surface area (Å²) >= 11 is 8.15. The van der Waals surface area contributed by atoms with Crippen molar-refractivity contribution in [2.45, 2.75) is 31.8 Å². The standard InChI is InChI=1S/C27H28ClN3O5S/c28-23-8-7-19-20(9-10-29-15-22(19)21(27(35)36)12-24(32)33)25(23)30-13-16-3-5-17(6-4-16)26(34)31-14-18-2-1-11-37-18/h1-8,11,21-22,29-30H,9-10,12-15H2,(H,31,34)(H,32,33)(H,35,36). The molecule has 8 nitrogen and oxygen atoms in total. The van der Waals surface area contributed by atoms with E-state index in [0.717, 1.165) is 21.6 Å². The van der Waals surface area contributed by atoms with Crippen LogP contribution >= 0.6 is 22.9 Å². The Balaban J connectivity index is 1.48. The van der Waals surface area contributed by atoms with E-state index < -0.39 is 30.2 Å². The Labute approximate surface area is 223 Å². The zero-order valence-corrected chi connectivity index (χ0v) is 21.6. The van der Waals surface area contributed by atoms with Crippen LogP contribution in [0.3, 0.4) is 0 Å². The molecule has 1 aliphatic heterocycles. The maximum atomic E-state index is 12.4. The molecule has 4 rings (SSSR count). The minimum Gasteiger partial charge on any atom is -0.481 e. The Bertz CT molecular complexity index is 1260. The van der Waals surface area contributed by atoms with Crippen LogP contribution in [0.2, 0.25) is 5.02 Å². The van der Waals surface area contributed by atoms with Gasteiger partial charge in [0.25, 0.3) is 5.91 Å². The summed E-state index contributed by atoms with van der Waals surface area (Å²) in [5.41, 5.74) is 3.91. The highest BCUT2D eigenvalue weighted by atomic mass is 35.5. The summed E-state index contributed by atoms with van der Waals surface area (Å²) in [5, 5.41) is 31.0. The highest BCUT2D eigenvalue weighted by Crippen LogP contribution is 2.38. The third kappa shape index (κ3) is 6.68. The molecule has 1 amide bonds. The zero-order chi connectivity index (χ0) is 26.4. The van der Waals surface area contributed by atoms with Gasteiger partial charge in [-0.25, -0.2) is 0 Å². The number of carbonyl (C=O) groups is 3. The Morgan fingerprint density at radius 2 is 1.86 bits per heavy atom. The van der Waals surface area contributed by atoms with E-state index in [1.807, 2.05) is 35.7 Å². The van der Waals surface area contributed by atoms with Gasteiger partial charge in [0.05, 0.1) is 29.6 Å². The second-order valence-corrected chi connectivity index (χ2v) is 10.3. The lowest BCUT2D eigenvalue weighted by Crippen LogP contribution is -2.31. The molecular formula is C27H28ClN3O5S. The fourth-order valence-electron chi connectivity index (χ4n) is 4.62. The summed E-state index contributed by atoms with van der Waals surface area (Å²) in [5.74, 6) is -3.98. The van der Waals surface area contributed by atoms with E-state index >= 15 is 0 Å². The summed E-state index contributed by atoms with van der Waals surface area (Å²) in [6.45, 7) is 1.92. The molecule has 0 spiro atoms. The van der Waals surface area contributed by atoms with Crippen LogP contribution in [-0.4, -0.2) is 41.1 Å². The van der Waals surface area contributed by atoms with Crippen LogP contribution in [0.4, 0.5) is 5.69 Å². The van der Waals surface area contributed by atoms with Crippen LogP contribution in [0.5, 0.6) is 0 Å². The van der Waals surface area contributed by atoms with E-state index in [9.17, 15) is 24.6 Å². The Hall–Kier alpha value is -3.40. The molecule has 5 N–H and O–H groups in total. The highest BCUT2D eigenvalue weighted by Gasteiger charge is 2.34. The topological polar surface area (TPSA) is 128 Å². The summed E-state index contributed by atoms with van der Waals surface area (Å²) < 4.78 is 0. The maximum Gasteiger partial charge on any atom is 0.307 e. The van der Waals surface area contributed by atoms with E-state index in [-0.39, 0.29) is 5.91 Å². The molecule has 0 aliphatic carbocycles. The number of thiophene rings is 1. The molecule has 0 saturated carbocycles. The van der Waals surface area contributed by atoms with Gasteiger partial charge < -0.3 is 26.2 Å². The maximum absolute atomic E-state index is 12.4. The van der Waals surface area contributed by atoms with Gasteiger partial charge in [-0.2, -0.15) is 0 Å². The Morgan fingerprint density at radius 3 is 2.54 bits per heavy atom. The molecule has 194 valence electrons. The summed E-state index contributed by atoms with van der Waals surface area (Å²) in [6, 6.07) is 14.8. The average molecular weight is 542 g/mol. The van der Waals surface area contributed by atoms with Crippen molar-refractivity contribution in [3.05, 3.63) is 86.1 Å². The molecule has 2 aromatic carbocycles. The van der Waals surface area contributed by atoms with Gasteiger partial charge in [0.2, 0.25) is 0 Å². The van der Waals surface area contributed by atoms with Crippen molar-refractivity contribution in [3.63, 3.8) is 0 Å². The third-order valence-corrected chi connectivity index (χ3v) is 7.69.